The van der Waals surface area contributed by atoms with E-state index in [-0.39, 0.29) is 24.2 Å². The standard InChI is InChI=1S/C26H26N4O2/c1-18(2)25(29-24(31)16-19-8-4-3-5-9-19)26(32)27-21-13-11-20(12-14-21)22-17-30-15-7-6-10-23(30)28-22/h3-15,17-18,25H,16H2,1-2H3,(H,27,32)(H,29,31)/t25-/m0/s1. The molecule has 162 valence electrons. The molecule has 4 aromatic rings. The summed E-state index contributed by atoms with van der Waals surface area (Å²) in [6, 6.07) is 22.3. The van der Waals surface area contributed by atoms with Gasteiger partial charge in [-0.05, 0) is 35.7 Å². The van der Waals surface area contributed by atoms with Crippen LogP contribution in [0.3, 0.4) is 0 Å². The number of nitrogens with one attached hydrogen (secondary N) is 2. The number of fused-ring (bicyclic) bond motifs is 1. The van der Waals surface area contributed by atoms with Crippen molar-refractivity contribution < 1.29 is 9.59 Å². The maximum absolute atomic E-state index is 12.9. The summed E-state index contributed by atoms with van der Waals surface area (Å²) in [5, 5.41) is 5.79. The second kappa shape index (κ2) is 9.47. The molecule has 32 heavy (non-hydrogen) atoms. The van der Waals surface area contributed by atoms with Crippen LogP contribution in [0.15, 0.2) is 85.2 Å². The van der Waals surface area contributed by atoms with Gasteiger partial charge in [0.25, 0.3) is 0 Å². The number of benzene rings is 2. The van der Waals surface area contributed by atoms with Crippen molar-refractivity contribution in [3.8, 4) is 11.3 Å². The lowest BCUT2D eigenvalue weighted by atomic mass is 10.0. The van der Waals surface area contributed by atoms with Crippen LogP contribution in [-0.2, 0) is 16.0 Å². The molecule has 0 saturated carbocycles. The molecule has 6 heteroatoms. The second-order valence-corrected chi connectivity index (χ2v) is 8.11. The molecule has 0 aliphatic carbocycles. The molecule has 2 heterocycles. The maximum Gasteiger partial charge on any atom is 0.247 e. The first-order valence-electron chi connectivity index (χ1n) is 10.7. The van der Waals surface area contributed by atoms with Crippen molar-refractivity contribution >= 4 is 23.1 Å². The molecule has 0 spiro atoms. The van der Waals surface area contributed by atoms with Crippen molar-refractivity contribution in [2.24, 2.45) is 5.92 Å². The summed E-state index contributed by atoms with van der Waals surface area (Å²) in [4.78, 5) is 30.0. The number of rotatable bonds is 7. The summed E-state index contributed by atoms with van der Waals surface area (Å²) in [6.45, 7) is 3.83. The van der Waals surface area contributed by atoms with Crippen molar-refractivity contribution in [3.63, 3.8) is 0 Å². The Morgan fingerprint density at radius 1 is 0.938 bits per heavy atom. The topological polar surface area (TPSA) is 75.5 Å². The van der Waals surface area contributed by atoms with Crippen LogP contribution in [0.1, 0.15) is 19.4 Å². The van der Waals surface area contributed by atoms with Crippen LogP contribution in [0, 0.1) is 5.92 Å². The van der Waals surface area contributed by atoms with Gasteiger partial charge in [0.15, 0.2) is 0 Å². The van der Waals surface area contributed by atoms with E-state index in [0.29, 0.717) is 5.69 Å². The molecule has 2 aromatic heterocycles. The van der Waals surface area contributed by atoms with Gasteiger partial charge in [0.1, 0.15) is 11.7 Å². The Morgan fingerprint density at radius 3 is 2.34 bits per heavy atom. The van der Waals surface area contributed by atoms with Gasteiger partial charge in [0.05, 0.1) is 12.1 Å². The molecular formula is C26H26N4O2. The van der Waals surface area contributed by atoms with Crippen LogP contribution in [0.4, 0.5) is 5.69 Å². The van der Waals surface area contributed by atoms with Gasteiger partial charge in [0, 0.05) is 23.6 Å². The molecule has 0 aliphatic heterocycles. The number of pyridine rings is 1. The Balaban J connectivity index is 1.41. The summed E-state index contributed by atoms with van der Waals surface area (Å²) in [7, 11) is 0. The summed E-state index contributed by atoms with van der Waals surface area (Å²) < 4.78 is 1.97. The van der Waals surface area contributed by atoms with Crippen LogP contribution >= 0.6 is 0 Å². The molecule has 0 radical (unpaired) electrons. The highest BCUT2D eigenvalue weighted by atomic mass is 16.2. The first kappa shape index (κ1) is 21.3. The molecule has 0 bridgehead atoms. The van der Waals surface area contributed by atoms with Gasteiger partial charge in [-0.15, -0.1) is 0 Å². The SMILES string of the molecule is CC(C)[C@H](NC(=O)Cc1ccccc1)C(=O)Nc1ccc(-c2cn3ccccc3n2)cc1. The second-order valence-electron chi connectivity index (χ2n) is 8.11. The maximum atomic E-state index is 12.9. The van der Waals surface area contributed by atoms with E-state index in [4.69, 9.17) is 0 Å². The van der Waals surface area contributed by atoms with Gasteiger partial charge in [-0.25, -0.2) is 4.98 Å². The molecule has 2 amide bonds. The van der Waals surface area contributed by atoms with Crippen LogP contribution in [0.5, 0.6) is 0 Å². The number of amides is 2. The Bertz CT molecular complexity index is 1180. The lowest BCUT2D eigenvalue weighted by molar-refractivity contribution is -0.127. The molecule has 2 aromatic carbocycles. The number of hydrogen-bond donors (Lipinski definition) is 2. The quantitative estimate of drug-likeness (QED) is 0.462. The van der Waals surface area contributed by atoms with Gasteiger partial charge >= 0.3 is 0 Å². The zero-order chi connectivity index (χ0) is 22.5. The Kier molecular flexibility index (Phi) is 6.31. The minimum absolute atomic E-state index is 0.0491. The zero-order valence-electron chi connectivity index (χ0n) is 18.2. The Hall–Kier alpha value is -3.93. The molecule has 0 aliphatic rings. The first-order chi connectivity index (χ1) is 15.5. The van der Waals surface area contributed by atoms with E-state index in [2.05, 4.69) is 15.6 Å². The average Bonchev–Trinajstić information content (AvgIpc) is 3.23. The van der Waals surface area contributed by atoms with Crippen LogP contribution in [0.25, 0.3) is 16.9 Å². The summed E-state index contributed by atoms with van der Waals surface area (Å²) in [5.74, 6) is -0.457. The molecule has 4 rings (SSSR count). The van der Waals surface area contributed by atoms with Gasteiger partial charge in [-0.1, -0.05) is 62.4 Å². The highest BCUT2D eigenvalue weighted by Crippen LogP contribution is 2.21. The fraction of sp³-hybridized carbons (Fsp3) is 0.192. The average molecular weight is 427 g/mol. The molecule has 0 unspecified atom stereocenters. The predicted molar refractivity (Wildman–Crippen MR) is 126 cm³/mol. The first-order valence-corrected chi connectivity index (χ1v) is 10.7. The lowest BCUT2D eigenvalue weighted by Gasteiger charge is -2.22. The number of nitrogens with zero attached hydrogens (tertiary/aromatic N) is 2. The minimum atomic E-state index is -0.621. The monoisotopic (exact) mass is 426 g/mol. The number of imidazole rings is 1. The highest BCUT2D eigenvalue weighted by Gasteiger charge is 2.24. The smallest absolute Gasteiger partial charge is 0.247 e. The summed E-state index contributed by atoms with van der Waals surface area (Å²) in [5.41, 5.74) is 4.29. The molecule has 0 fully saturated rings. The van der Waals surface area contributed by atoms with Crippen molar-refractivity contribution in [2.75, 3.05) is 5.32 Å². The Labute approximate surface area is 187 Å². The third-order valence-electron chi connectivity index (χ3n) is 5.29. The van der Waals surface area contributed by atoms with E-state index in [9.17, 15) is 9.59 Å². The number of hydrogen-bond acceptors (Lipinski definition) is 3. The van der Waals surface area contributed by atoms with Gasteiger partial charge in [-0.2, -0.15) is 0 Å². The van der Waals surface area contributed by atoms with E-state index in [0.717, 1.165) is 22.5 Å². The van der Waals surface area contributed by atoms with E-state index in [1.165, 1.54) is 0 Å². The van der Waals surface area contributed by atoms with E-state index >= 15 is 0 Å². The Morgan fingerprint density at radius 2 is 1.66 bits per heavy atom. The number of aromatic nitrogens is 2. The third kappa shape index (κ3) is 5.03. The van der Waals surface area contributed by atoms with Crippen LogP contribution in [0.2, 0.25) is 0 Å². The van der Waals surface area contributed by atoms with Gasteiger partial charge < -0.3 is 15.0 Å². The van der Waals surface area contributed by atoms with E-state index in [1.807, 2.05) is 103 Å². The fourth-order valence-electron chi connectivity index (χ4n) is 3.56. The van der Waals surface area contributed by atoms with Gasteiger partial charge in [0.2, 0.25) is 11.8 Å². The zero-order valence-corrected chi connectivity index (χ0v) is 18.2. The normalized spacial score (nSPS) is 12.0. The van der Waals surface area contributed by atoms with Gasteiger partial charge in [-0.3, -0.25) is 9.59 Å². The van der Waals surface area contributed by atoms with E-state index < -0.39 is 6.04 Å². The highest BCUT2D eigenvalue weighted by molar-refractivity contribution is 5.97. The third-order valence-corrected chi connectivity index (χ3v) is 5.29. The predicted octanol–water partition coefficient (Wildman–Crippen LogP) is 4.32. The number of carbonyl (C=O) groups is 2. The van der Waals surface area contributed by atoms with E-state index in [1.54, 1.807) is 0 Å². The largest absolute Gasteiger partial charge is 0.344 e. The minimum Gasteiger partial charge on any atom is -0.344 e. The molecule has 6 nitrogen and oxygen atoms in total. The molecular weight excluding hydrogens is 400 g/mol. The molecule has 1 atom stereocenters. The number of carbonyl (C=O) groups excluding carboxylic acids is 2. The molecule has 2 N–H and O–H groups in total. The van der Waals surface area contributed by atoms with Crippen LogP contribution in [-0.4, -0.2) is 27.2 Å². The lowest BCUT2D eigenvalue weighted by Crippen LogP contribution is -2.47. The summed E-state index contributed by atoms with van der Waals surface area (Å²) >= 11 is 0. The van der Waals surface area contributed by atoms with Crippen molar-refractivity contribution in [2.45, 2.75) is 26.3 Å². The summed E-state index contributed by atoms with van der Waals surface area (Å²) in [6.07, 6.45) is 4.17. The fourth-order valence-corrected chi connectivity index (χ4v) is 3.56. The van der Waals surface area contributed by atoms with Crippen molar-refractivity contribution in [1.82, 2.24) is 14.7 Å². The van der Waals surface area contributed by atoms with Crippen LogP contribution < -0.4 is 10.6 Å². The van der Waals surface area contributed by atoms with Crippen molar-refractivity contribution in [1.29, 1.82) is 0 Å². The molecule has 0 saturated heterocycles. The van der Waals surface area contributed by atoms with Crippen molar-refractivity contribution in [3.05, 3.63) is 90.8 Å². The number of anilines is 1.